The lowest BCUT2D eigenvalue weighted by Crippen LogP contribution is -2.28. The Morgan fingerprint density at radius 2 is 2.21 bits per heavy atom. The standard InChI is InChI=1S/C15H23NO3/c17-14(13-7-9-19-11-13)6-8-16-15(18)10-12-4-2-1-3-5-12/h7,9,11-12,14,17H,1-6,8,10H2,(H,16,18). The molecule has 4 nitrogen and oxygen atoms in total. The Kier molecular flexibility index (Phi) is 5.45. The minimum Gasteiger partial charge on any atom is -0.472 e. The molecular formula is C15H23NO3. The molecule has 2 N–H and O–H groups in total. The first-order chi connectivity index (χ1) is 9.25. The molecular weight excluding hydrogens is 242 g/mol. The van der Waals surface area contributed by atoms with E-state index >= 15 is 0 Å². The summed E-state index contributed by atoms with van der Waals surface area (Å²) in [6.45, 7) is 0.512. The zero-order chi connectivity index (χ0) is 13.5. The lowest BCUT2D eigenvalue weighted by atomic mass is 9.87. The van der Waals surface area contributed by atoms with Crippen molar-refractivity contribution in [3.8, 4) is 0 Å². The number of nitrogens with one attached hydrogen (secondary N) is 1. The van der Waals surface area contributed by atoms with Crippen LogP contribution in [-0.2, 0) is 4.79 Å². The molecule has 2 rings (SSSR count). The molecule has 1 aromatic rings. The summed E-state index contributed by atoms with van der Waals surface area (Å²) in [7, 11) is 0. The predicted octanol–water partition coefficient (Wildman–Crippen LogP) is 2.79. The van der Waals surface area contributed by atoms with E-state index in [4.69, 9.17) is 4.42 Å². The van der Waals surface area contributed by atoms with E-state index in [-0.39, 0.29) is 5.91 Å². The molecule has 1 fully saturated rings. The number of carbonyl (C=O) groups is 1. The first kappa shape index (κ1) is 14.1. The van der Waals surface area contributed by atoms with Gasteiger partial charge in [-0.15, -0.1) is 0 Å². The van der Waals surface area contributed by atoms with Crippen molar-refractivity contribution in [1.29, 1.82) is 0 Å². The summed E-state index contributed by atoms with van der Waals surface area (Å²) >= 11 is 0. The van der Waals surface area contributed by atoms with E-state index in [1.807, 2.05) is 0 Å². The molecule has 0 bridgehead atoms. The van der Waals surface area contributed by atoms with Gasteiger partial charge in [0.05, 0.1) is 18.6 Å². The Morgan fingerprint density at radius 1 is 1.42 bits per heavy atom. The van der Waals surface area contributed by atoms with Gasteiger partial charge in [0.15, 0.2) is 0 Å². The first-order valence-electron chi connectivity index (χ1n) is 7.22. The second kappa shape index (κ2) is 7.34. The lowest BCUT2D eigenvalue weighted by Gasteiger charge is -2.20. The van der Waals surface area contributed by atoms with Gasteiger partial charge >= 0.3 is 0 Å². The van der Waals surface area contributed by atoms with Crippen molar-refractivity contribution in [2.75, 3.05) is 6.54 Å². The molecule has 1 aliphatic rings. The normalized spacial score (nSPS) is 18.2. The summed E-state index contributed by atoms with van der Waals surface area (Å²) in [5.74, 6) is 0.679. The third kappa shape index (κ3) is 4.71. The van der Waals surface area contributed by atoms with Gasteiger partial charge in [0.2, 0.25) is 5.91 Å². The van der Waals surface area contributed by atoms with Gasteiger partial charge in [0.1, 0.15) is 0 Å². The molecule has 1 atom stereocenters. The number of rotatable bonds is 6. The quantitative estimate of drug-likeness (QED) is 0.831. The van der Waals surface area contributed by atoms with Crippen molar-refractivity contribution in [3.63, 3.8) is 0 Å². The average Bonchev–Trinajstić information content (AvgIpc) is 2.93. The molecule has 1 heterocycles. The van der Waals surface area contributed by atoms with Gasteiger partial charge in [0, 0.05) is 18.5 Å². The Balaban J connectivity index is 1.61. The van der Waals surface area contributed by atoms with Crippen LogP contribution in [0.2, 0.25) is 0 Å². The van der Waals surface area contributed by atoms with E-state index in [0.29, 0.717) is 25.3 Å². The summed E-state index contributed by atoms with van der Waals surface area (Å²) in [5.41, 5.74) is 0.765. The van der Waals surface area contributed by atoms with Crippen LogP contribution in [0.4, 0.5) is 0 Å². The highest BCUT2D eigenvalue weighted by Gasteiger charge is 2.17. The number of furan rings is 1. The van der Waals surface area contributed by atoms with Crippen LogP contribution in [0, 0.1) is 5.92 Å². The zero-order valence-corrected chi connectivity index (χ0v) is 11.3. The molecule has 1 aromatic heterocycles. The van der Waals surface area contributed by atoms with Crippen molar-refractivity contribution in [2.45, 2.75) is 51.0 Å². The van der Waals surface area contributed by atoms with Crippen LogP contribution in [0.5, 0.6) is 0 Å². The lowest BCUT2D eigenvalue weighted by molar-refractivity contribution is -0.122. The SMILES string of the molecule is O=C(CC1CCCCC1)NCCC(O)c1ccoc1. The van der Waals surface area contributed by atoms with E-state index < -0.39 is 6.10 Å². The first-order valence-corrected chi connectivity index (χ1v) is 7.22. The van der Waals surface area contributed by atoms with Crippen LogP contribution in [0.1, 0.15) is 56.6 Å². The van der Waals surface area contributed by atoms with Gasteiger partial charge < -0.3 is 14.8 Å². The smallest absolute Gasteiger partial charge is 0.220 e. The zero-order valence-electron chi connectivity index (χ0n) is 11.3. The third-order valence-electron chi connectivity index (χ3n) is 3.87. The fourth-order valence-corrected chi connectivity index (χ4v) is 2.71. The number of aliphatic hydroxyl groups is 1. The molecule has 0 aliphatic heterocycles. The molecule has 1 aliphatic carbocycles. The largest absolute Gasteiger partial charge is 0.472 e. The van der Waals surface area contributed by atoms with Crippen LogP contribution in [0.15, 0.2) is 23.0 Å². The third-order valence-corrected chi connectivity index (χ3v) is 3.87. The molecule has 106 valence electrons. The molecule has 1 unspecified atom stereocenters. The Bertz CT molecular complexity index is 369. The monoisotopic (exact) mass is 265 g/mol. The van der Waals surface area contributed by atoms with Crippen molar-refractivity contribution >= 4 is 5.91 Å². The number of hydrogen-bond acceptors (Lipinski definition) is 3. The van der Waals surface area contributed by atoms with E-state index in [1.54, 1.807) is 12.3 Å². The van der Waals surface area contributed by atoms with E-state index in [9.17, 15) is 9.90 Å². The van der Waals surface area contributed by atoms with Gasteiger partial charge in [-0.3, -0.25) is 4.79 Å². The summed E-state index contributed by atoms with van der Waals surface area (Å²) in [6.07, 6.45) is 9.89. The van der Waals surface area contributed by atoms with E-state index in [1.165, 1.54) is 38.4 Å². The number of carbonyl (C=O) groups excluding carboxylic acids is 1. The van der Waals surface area contributed by atoms with E-state index in [2.05, 4.69) is 5.32 Å². The second-order valence-electron chi connectivity index (χ2n) is 5.42. The number of hydrogen-bond donors (Lipinski definition) is 2. The minimum atomic E-state index is -0.561. The Morgan fingerprint density at radius 3 is 2.89 bits per heavy atom. The van der Waals surface area contributed by atoms with Crippen LogP contribution in [0.25, 0.3) is 0 Å². The van der Waals surface area contributed by atoms with Gasteiger partial charge in [0.25, 0.3) is 0 Å². The molecule has 4 heteroatoms. The molecule has 0 radical (unpaired) electrons. The topological polar surface area (TPSA) is 62.5 Å². The van der Waals surface area contributed by atoms with Crippen LogP contribution in [0.3, 0.4) is 0 Å². The summed E-state index contributed by atoms with van der Waals surface area (Å²) in [6, 6.07) is 1.74. The van der Waals surface area contributed by atoms with Crippen LogP contribution in [-0.4, -0.2) is 17.6 Å². The van der Waals surface area contributed by atoms with Crippen molar-refractivity contribution in [1.82, 2.24) is 5.32 Å². The maximum Gasteiger partial charge on any atom is 0.220 e. The van der Waals surface area contributed by atoms with Crippen molar-refractivity contribution < 1.29 is 14.3 Å². The Labute approximate surface area is 114 Å². The van der Waals surface area contributed by atoms with Crippen molar-refractivity contribution in [3.05, 3.63) is 24.2 Å². The van der Waals surface area contributed by atoms with Crippen LogP contribution >= 0.6 is 0 Å². The molecule has 0 aromatic carbocycles. The van der Waals surface area contributed by atoms with Gasteiger partial charge in [-0.1, -0.05) is 19.3 Å². The van der Waals surface area contributed by atoms with Gasteiger partial charge in [-0.25, -0.2) is 0 Å². The van der Waals surface area contributed by atoms with Gasteiger partial charge in [-0.2, -0.15) is 0 Å². The summed E-state index contributed by atoms with van der Waals surface area (Å²) in [4.78, 5) is 11.8. The maximum absolute atomic E-state index is 11.8. The molecule has 0 spiro atoms. The predicted molar refractivity (Wildman–Crippen MR) is 72.5 cm³/mol. The average molecular weight is 265 g/mol. The highest BCUT2D eigenvalue weighted by molar-refractivity contribution is 5.76. The second-order valence-corrected chi connectivity index (χ2v) is 5.42. The maximum atomic E-state index is 11.8. The van der Waals surface area contributed by atoms with Crippen LogP contribution < -0.4 is 5.32 Å². The summed E-state index contributed by atoms with van der Waals surface area (Å²) < 4.78 is 4.92. The number of amides is 1. The highest BCUT2D eigenvalue weighted by Crippen LogP contribution is 2.26. The van der Waals surface area contributed by atoms with Crippen molar-refractivity contribution in [2.24, 2.45) is 5.92 Å². The fraction of sp³-hybridized carbons (Fsp3) is 0.667. The highest BCUT2D eigenvalue weighted by atomic mass is 16.3. The number of aliphatic hydroxyl groups excluding tert-OH is 1. The molecule has 1 saturated carbocycles. The summed E-state index contributed by atoms with van der Waals surface area (Å²) in [5, 5.41) is 12.7. The fourth-order valence-electron chi connectivity index (χ4n) is 2.71. The molecule has 19 heavy (non-hydrogen) atoms. The van der Waals surface area contributed by atoms with E-state index in [0.717, 1.165) is 5.56 Å². The van der Waals surface area contributed by atoms with Gasteiger partial charge in [-0.05, 0) is 31.2 Å². The minimum absolute atomic E-state index is 0.117. The Hall–Kier alpha value is -1.29. The molecule has 1 amide bonds. The molecule has 0 saturated heterocycles.